The molecule has 8 heteroatoms. The zero-order valence-electron chi connectivity index (χ0n) is 16.6. The molecule has 0 unspecified atom stereocenters. The molecule has 3 aliphatic rings. The summed E-state index contributed by atoms with van der Waals surface area (Å²) in [6.45, 7) is 8.40. The number of sulfonamides is 1. The van der Waals surface area contributed by atoms with Gasteiger partial charge >= 0.3 is 0 Å². The highest BCUT2D eigenvalue weighted by atomic mass is 35.5. The SMILES string of the molecule is Cc1ccc(S(=O)(=O)N2CCC(C(=O)N3C[C@H]4CNC[C@H]4C3)CC2)c(C)c1.Cl. The van der Waals surface area contributed by atoms with Crippen molar-refractivity contribution >= 4 is 28.3 Å². The first-order valence-corrected chi connectivity index (χ1v) is 11.4. The molecule has 0 radical (unpaired) electrons. The number of likely N-dealkylation sites (tertiary alicyclic amines) is 1. The summed E-state index contributed by atoms with van der Waals surface area (Å²) in [7, 11) is -3.49. The maximum Gasteiger partial charge on any atom is 0.243 e. The number of carbonyl (C=O) groups excluding carboxylic acids is 1. The van der Waals surface area contributed by atoms with Crippen LogP contribution in [0, 0.1) is 31.6 Å². The van der Waals surface area contributed by atoms with Crippen LogP contribution in [0.4, 0.5) is 0 Å². The standard InChI is InChI=1S/C20H29N3O3S.ClH/c1-14-3-4-19(15(2)9-14)27(25,26)23-7-5-16(6-8-23)20(24)22-12-17-10-21-11-18(17)13-22;/h3-4,9,16-18,21H,5-8,10-13H2,1-2H3;1H/t17-,18+;. The van der Waals surface area contributed by atoms with Crippen LogP contribution in [0.25, 0.3) is 0 Å². The topological polar surface area (TPSA) is 69.7 Å². The lowest BCUT2D eigenvalue weighted by atomic mass is 9.96. The molecule has 28 heavy (non-hydrogen) atoms. The Hall–Kier alpha value is -1.15. The van der Waals surface area contributed by atoms with Crippen LogP contribution in [-0.4, -0.2) is 62.8 Å². The fourth-order valence-electron chi connectivity index (χ4n) is 4.86. The van der Waals surface area contributed by atoms with Gasteiger partial charge in [-0.05, 0) is 50.2 Å². The average molecular weight is 428 g/mol. The summed E-state index contributed by atoms with van der Waals surface area (Å²) in [6, 6.07) is 5.45. The monoisotopic (exact) mass is 427 g/mol. The molecule has 3 saturated heterocycles. The lowest BCUT2D eigenvalue weighted by Gasteiger charge is -2.33. The summed E-state index contributed by atoms with van der Waals surface area (Å²) < 4.78 is 27.6. The van der Waals surface area contributed by atoms with Crippen molar-refractivity contribution in [3.63, 3.8) is 0 Å². The van der Waals surface area contributed by atoms with E-state index in [1.165, 1.54) is 0 Å². The molecular weight excluding hydrogens is 398 g/mol. The minimum absolute atomic E-state index is 0. The van der Waals surface area contributed by atoms with E-state index in [0.717, 1.165) is 37.3 Å². The molecule has 6 nitrogen and oxygen atoms in total. The summed E-state index contributed by atoms with van der Waals surface area (Å²) in [5.74, 6) is 1.38. The fraction of sp³-hybridized carbons (Fsp3) is 0.650. The normalized spacial score (nSPS) is 26.1. The summed E-state index contributed by atoms with van der Waals surface area (Å²) in [5, 5.41) is 3.40. The molecular formula is C20H30ClN3O3S. The fourth-order valence-corrected chi connectivity index (χ4v) is 6.54. The van der Waals surface area contributed by atoms with Gasteiger partial charge in [-0.15, -0.1) is 12.4 Å². The van der Waals surface area contributed by atoms with Crippen molar-refractivity contribution in [2.75, 3.05) is 39.3 Å². The second-order valence-electron chi connectivity index (χ2n) is 8.37. The zero-order valence-corrected chi connectivity index (χ0v) is 18.2. The third-order valence-electron chi connectivity index (χ3n) is 6.45. The molecule has 156 valence electrons. The molecule has 1 N–H and O–H groups in total. The number of benzene rings is 1. The number of fused-ring (bicyclic) bond motifs is 1. The Morgan fingerprint density at radius 2 is 1.68 bits per heavy atom. The average Bonchev–Trinajstić information content (AvgIpc) is 3.23. The van der Waals surface area contributed by atoms with Crippen LogP contribution in [0.15, 0.2) is 23.1 Å². The number of carbonyl (C=O) groups is 1. The molecule has 3 fully saturated rings. The van der Waals surface area contributed by atoms with Crippen molar-refractivity contribution in [2.24, 2.45) is 17.8 Å². The van der Waals surface area contributed by atoms with Crippen LogP contribution < -0.4 is 5.32 Å². The van der Waals surface area contributed by atoms with Gasteiger partial charge in [0.1, 0.15) is 0 Å². The molecule has 1 aromatic rings. The quantitative estimate of drug-likeness (QED) is 0.798. The largest absolute Gasteiger partial charge is 0.342 e. The lowest BCUT2D eigenvalue weighted by Crippen LogP contribution is -2.44. The van der Waals surface area contributed by atoms with Crippen molar-refractivity contribution in [1.29, 1.82) is 0 Å². The van der Waals surface area contributed by atoms with E-state index < -0.39 is 10.0 Å². The Balaban J connectivity index is 0.00000225. The number of halogens is 1. The summed E-state index contributed by atoms with van der Waals surface area (Å²) in [5.41, 5.74) is 1.84. The van der Waals surface area contributed by atoms with Gasteiger partial charge < -0.3 is 10.2 Å². The number of nitrogens with zero attached hydrogens (tertiary/aromatic N) is 2. The number of nitrogens with one attached hydrogen (secondary N) is 1. The number of hydrogen-bond acceptors (Lipinski definition) is 4. The number of hydrogen-bond donors (Lipinski definition) is 1. The Labute approximate surface area is 174 Å². The third-order valence-corrected chi connectivity index (χ3v) is 8.51. The van der Waals surface area contributed by atoms with Crippen LogP contribution in [0.5, 0.6) is 0 Å². The number of aryl methyl sites for hydroxylation is 2. The highest BCUT2D eigenvalue weighted by Gasteiger charge is 2.41. The highest BCUT2D eigenvalue weighted by Crippen LogP contribution is 2.31. The van der Waals surface area contributed by atoms with Gasteiger partial charge in [0.25, 0.3) is 0 Å². The molecule has 1 amide bonds. The molecule has 3 aliphatic heterocycles. The van der Waals surface area contributed by atoms with E-state index in [9.17, 15) is 13.2 Å². The van der Waals surface area contributed by atoms with Crippen molar-refractivity contribution in [3.05, 3.63) is 29.3 Å². The first-order valence-electron chi connectivity index (χ1n) is 9.93. The van der Waals surface area contributed by atoms with Gasteiger partial charge in [-0.25, -0.2) is 8.42 Å². The van der Waals surface area contributed by atoms with Crippen molar-refractivity contribution in [1.82, 2.24) is 14.5 Å². The Bertz CT molecular complexity index is 825. The predicted octanol–water partition coefficient (Wildman–Crippen LogP) is 1.80. The second-order valence-corrected chi connectivity index (χ2v) is 10.3. The van der Waals surface area contributed by atoms with Gasteiger partial charge in [-0.1, -0.05) is 17.7 Å². The van der Waals surface area contributed by atoms with E-state index in [1.54, 1.807) is 10.4 Å². The van der Waals surface area contributed by atoms with Crippen molar-refractivity contribution in [3.8, 4) is 0 Å². The molecule has 0 aliphatic carbocycles. The molecule has 1 aromatic carbocycles. The Morgan fingerprint density at radius 3 is 2.25 bits per heavy atom. The Kier molecular flexibility index (Phi) is 6.39. The Morgan fingerprint density at radius 1 is 1.07 bits per heavy atom. The molecule has 3 heterocycles. The maximum atomic E-state index is 13.0. The van der Waals surface area contributed by atoms with E-state index in [2.05, 4.69) is 5.32 Å². The number of piperidine rings is 1. The van der Waals surface area contributed by atoms with Crippen LogP contribution in [0.3, 0.4) is 0 Å². The smallest absolute Gasteiger partial charge is 0.243 e. The summed E-state index contributed by atoms with van der Waals surface area (Å²) in [4.78, 5) is 15.3. The third kappa shape index (κ3) is 3.95. The highest BCUT2D eigenvalue weighted by molar-refractivity contribution is 7.89. The summed E-state index contributed by atoms with van der Waals surface area (Å²) in [6.07, 6.45) is 1.24. The molecule has 2 atom stereocenters. The van der Waals surface area contributed by atoms with Crippen LogP contribution in [0.1, 0.15) is 24.0 Å². The molecule has 0 aromatic heterocycles. The number of rotatable bonds is 3. The van der Waals surface area contributed by atoms with Gasteiger partial charge in [-0.2, -0.15) is 4.31 Å². The first kappa shape index (κ1) is 21.6. The van der Waals surface area contributed by atoms with E-state index >= 15 is 0 Å². The van der Waals surface area contributed by atoms with Gasteiger partial charge in [0.05, 0.1) is 4.90 Å². The van der Waals surface area contributed by atoms with Crippen LogP contribution in [0.2, 0.25) is 0 Å². The van der Waals surface area contributed by atoms with Gasteiger partial charge in [0.15, 0.2) is 0 Å². The van der Waals surface area contributed by atoms with E-state index in [0.29, 0.717) is 42.7 Å². The van der Waals surface area contributed by atoms with Gasteiger partial charge in [0.2, 0.25) is 15.9 Å². The number of amides is 1. The minimum Gasteiger partial charge on any atom is -0.342 e. The van der Waals surface area contributed by atoms with Gasteiger partial charge in [-0.3, -0.25) is 4.79 Å². The second kappa shape index (κ2) is 8.30. The predicted molar refractivity (Wildman–Crippen MR) is 111 cm³/mol. The van der Waals surface area contributed by atoms with Gasteiger partial charge in [0, 0.05) is 45.2 Å². The van der Waals surface area contributed by atoms with E-state index in [-0.39, 0.29) is 24.2 Å². The molecule has 4 rings (SSSR count). The first-order chi connectivity index (χ1) is 12.9. The molecule has 0 bridgehead atoms. The van der Waals surface area contributed by atoms with Crippen molar-refractivity contribution < 1.29 is 13.2 Å². The lowest BCUT2D eigenvalue weighted by molar-refractivity contribution is -0.135. The van der Waals surface area contributed by atoms with Crippen molar-refractivity contribution in [2.45, 2.75) is 31.6 Å². The minimum atomic E-state index is -3.49. The van der Waals surface area contributed by atoms with Crippen LogP contribution >= 0.6 is 12.4 Å². The zero-order chi connectivity index (χ0) is 19.2. The molecule has 0 spiro atoms. The van der Waals surface area contributed by atoms with Crippen LogP contribution in [-0.2, 0) is 14.8 Å². The molecule has 0 saturated carbocycles. The maximum absolute atomic E-state index is 13.0. The van der Waals surface area contributed by atoms with E-state index in [1.807, 2.05) is 30.9 Å². The van der Waals surface area contributed by atoms with E-state index in [4.69, 9.17) is 0 Å². The summed E-state index contributed by atoms with van der Waals surface area (Å²) >= 11 is 0.